The molecule has 1 aromatic heterocycles. The van der Waals surface area contributed by atoms with Crippen LogP contribution in [0, 0.1) is 19.8 Å². The van der Waals surface area contributed by atoms with Gasteiger partial charge in [-0.3, -0.25) is 9.59 Å². The van der Waals surface area contributed by atoms with E-state index in [0.29, 0.717) is 5.69 Å². The molecule has 2 rings (SSSR count). The molecule has 0 atom stereocenters. The summed E-state index contributed by atoms with van der Waals surface area (Å²) in [6.45, 7) is 3.79. The fraction of sp³-hybridized carbons (Fsp3) is 0.500. The summed E-state index contributed by atoms with van der Waals surface area (Å²) < 4.78 is 0. The van der Waals surface area contributed by atoms with Crippen LogP contribution in [0.3, 0.4) is 0 Å². The monoisotopic (exact) mass is 262 g/mol. The number of aliphatic carboxylic acids is 1. The van der Waals surface area contributed by atoms with Crippen molar-refractivity contribution in [3.05, 3.63) is 29.1 Å². The van der Waals surface area contributed by atoms with Gasteiger partial charge in [0.1, 0.15) is 5.69 Å². The summed E-state index contributed by atoms with van der Waals surface area (Å²) in [7, 11) is 0. The summed E-state index contributed by atoms with van der Waals surface area (Å²) in [5.74, 6) is -0.758. The second kappa shape index (κ2) is 5.38. The van der Waals surface area contributed by atoms with E-state index >= 15 is 0 Å². The summed E-state index contributed by atoms with van der Waals surface area (Å²) in [5.41, 5.74) is 2.26. The zero-order valence-corrected chi connectivity index (χ0v) is 11.1. The average molecular weight is 262 g/mol. The normalized spacial score (nSPS) is 21.6. The predicted octanol–water partition coefficient (Wildman–Crippen LogP) is 1.68. The van der Waals surface area contributed by atoms with E-state index in [-0.39, 0.29) is 24.3 Å². The fourth-order valence-electron chi connectivity index (χ4n) is 2.48. The van der Waals surface area contributed by atoms with Gasteiger partial charge >= 0.3 is 5.97 Å². The number of carboxylic acid groups (broad SMARTS) is 1. The maximum Gasteiger partial charge on any atom is 0.303 e. The second-order valence-electron chi connectivity index (χ2n) is 5.28. The van der Waals surface area contributed by atoms with Gasteiger partial charge in [-0.1, -0.05) is 0 Å². The number of carbonyl (C=O) groups excluding carboxylic acids is 1. The van der Waals surface area contributed by atoms with Crippen LogP contribution in [0.4, 0.5) is 0 Å². The number of pyridine rings is 1. The van der Waals surface area contributed by atoms with E-state index in [9.17, 15) is 9.59 Å². The summed E-state index contributed by atoms with van der Waals surface area (Å²) in [6, 6.07) is 3.76. The van der Waals surface area contributed by atoms with Crippen molar-refractivity contribution in [1.82, 2.24) is 10.3 Å². The molecule has 0 aliphatic heterocycles. The minimum absolute atomic E-state index is 0.0828. The van der Waals surface area contributed by atoms with Crippen LogP contribution >= 0.6 is 0 Å². The third-order valence-corrected chi connectivity index (χ3v) is 3.36. The van der Waals surface area contributed by atoms with E-state index in [0.717, 1.165) is 24.1 Å². The van der Waals surface area contributed by atoms with Crippen LogP contribution in [0.5, 0.6) is 0 Å². The van der Waals surface area contributed by atoms with Crippen molar-refractivity contribution in [2.45, 2.75) is 39.2 Å². The van der Waals surface area contributed by atoms with E-state index in [1.807, 2.05) is 19.9 Å². The number of hydrogen-bond acceptors (Lipinski definition) is 3. The maximum atomic E-state index is 12.0. The van der Waals surface area contributed by atoms with Gasteiger partial charge in [-0.05, 0) is 50.3 Å². The van der Waals surface area contributed by atoms with Crippen LogP contribution < -0.4 is 5.32 Å². The van der Waals surface area contributed by atoms with Gasteiger partial charge in [-0.25, -0.2) is 4.98 Å². The van der Waals surface area contributed by atoms with E-state index < -0.39 is 5.97 Å². The molecule has 102 valence electrons. The van der Waals surface area contributed by atoms with Crippen molar-refractivity contribution in [2.24, 2.45) is 5.92 Å². The summed E-state index contributed by atoms with van der Waals surface area (Å²) in [4.78, 5) is 26.7. The molecular weight excluding hydrogens is 244 g/mol. The third-order valence-electron chi connectivity index (χ3n) is 3.36. The number of aromatic nitrogens is 1. The Morgan fingerprint density at radius 2 is 2.05 bits per heavy atom. The number of amides is 1. The van der Waals surface area contributed by atoms with Crippen LogP contribution in [-0.4, -0.2) is 28.0 Å². The van der Waals surface area contributed by atoms with E-state index in [1.165, 1.54) is 0 Å². The van der Waals surface area contributed by atoms with Crippen molar-refractivity contribution in [1.29, 1.82) is 0 Å². The first-order chi connectivity index (χ1) is 8.94. The number of nitrogens with one attached hydrogen (secondary N) is 1. The minimum Gasteiger partial charge on any atom is -0.481 e. The van der Waals surface area contributed by atoms with Crippen molar-refractivity contribution < 1.29 is 14.7 Å². The van der Waals surface area contributed by atoms with E-state index in [4.69, 9.17) is 5.11 Å². The first-order valence-electron chi connectivity index (χ1n) is 6.42. The van der Waals surface area contributed by atoms with E-state index in [2.05, 4.69) is 10.3 Å². The van der Waals surface area contributed by atoms with Crippen LogP contribution in [0.25, 0.3) is 0 Å². The smallest absolute Gasteiger partial charge is 0.303 e. The largest absolute Gasteiger partial charge is 0.481 e. The molecule has 1 heterocycles. The fourth-order valence-corrected chi connectivity index (χ4v) is 2.48. The lowest BCUT2D eigenvalue weighted by atomic mass is 9.78. The Morgan fingerprint density at radius 3 is 2.63 bits per heavy atom. The number of nitrogens with zero attached hydrogens (tertiary/aromatic N) is 1. The van der Waals surface area contributed by atoms with Crippen molar-refractivity contribution in [3.8, 4) is 0 Å². The molecule has 5 nitrogen and oxygen atoms in total. The molecule has 0 bridgehead atoms. The molecule has 1 fully saturated rings. The number of aryl methyl sites for hydroxylation is 2. The van der Waals surface area contributed by atoms with Gasteiger partial charge in [0.15, 0.2) is 0 Å². The standard InChI is InChI=1S/C14H18N2O3/c1-8-3-9(2)15-12(4-8)14(19)16-11-5-10(6-11)7-13(17)18/h3-4,10-11H,5-7H2,1-2H3,(H,16,19)(H,17,18). The molecule has 0 aromatic carbocycles. The Bertz CT molecular complexity index is 487. The lowest BCUT2D eigenvalue weighted by Gasteiger charge is -2.34. The molecule has 1 aliphatic carbocycles. The Hall–Kier alpha value is -1.91. The topological polar surface area (TPSA) is 79.3 Å². The Labute approximate surface area is 112 Å². The summed E-state index contributed by atoms with van der Waals surface area (Å²) >= 11 is 0. The molecular formula is C14H18N2O3. The molecule has 1 aliphatic rings. The number of carboxylic acids is 1. The molecule has 1 saturated carbocycles. The van der Waals surface area contributed by atoms with Crippen LogP contribution in [0.1, 0.15) is 41.0 Å². The van der Waals surface area contributed by atoms with Crippen LogP contribution in [-0.2, 0) is 4.79 Å². The highest BCUT2D eigenvalue weighted by atomic mass is 16.4. The Kier molecular flexibility index (Phi) is 3.83. The van der Waals surface area contributed by atoms with Crippen LogP contribution in [0.15, 0.2) is 12.1 Å². The van der Waals surface area contributed by atoms with E-state index in [1.54, 1.807) is 6.07 Å². The first kappa shape index (κ1) is 13.5. The number of rotatable bonds is 4. The molecule has 0 unspecified atom stereocenters. The lowest BCUT2D eigenvalue weighted by molar-refractivity contribution is -0.138. The highest BCUT2D eigenvalue weighted by molar-refractivity contribution is 5.92. The zero-order valence-electron chi connectivity index (χ0n) is 11.1. The molecule has 0 spiro atoms. The number of carbonyl (C=O) groups is 2. The minimum atomic E-state index is -0.772. The third kappa shape index (κ3) is 3.53. The summed E-state index contributed by atoms with van der Waals surface area (Å²) in [6.07, 6.45) is 1.67. The first-order valence-corrected chi connectivity index (χ1v) is 6.42. The van der Waals surface area contributed by atoms with Crippen molar-refractivity contribution in [3.63, 3.8) is 0 Å². The molecule has 2 N–H and O–H groups in total. The molecule has 0 radical (unpaired) electrons. The second-order valence-corrected chi connectivity index (χ2v) is 5.28. The van der Waals surface area contributed by atoms with Gasteiger partial charge in [-0.2, -0.15) is 0 Å². The maximum absolute atomic E-state index is 12.0. The molecule has 0 saturated heterocycles. The number of hydrogen-bond donors (Lipinski definition) is 2. The molecule has 5 heteroatoms. The van der Waals surface area contributed by atoms with Crippen molar-refractivity contribution >= 4 is 11.9 Å². The molecule has 1 amide bonds. The molecule has 19 heavy (non-hydrogen) atoms. The lowest BCUT2D eigenvalue weighted by Crippen LogP contribution is -2.45. The zero-order chi connectivity index (χ0) is 14.0. The van der Waals surface area contributed by atoms with Crippen molar-refractivity contribution in [2.75, 3.05) is 0 Å². The average Bonchev–Trinajstić information content (AvgIpc) is 2.23. The SMILES string of the molecule is Cc1cc(C)nc(C(=O)NC2CC(CC(=O)O)C2)c1. The van der Waals surface area contributed by atoms with Gasteiger partial charge in [0.25, 0.3) is 5.91 Å². The van der Waals surface area contributed by atoms with Gasteiger partial charge < -0.3 is 10.4 Å². The van der Waals surface area contributed by atoms with Gasteiger partial charge in [0, 0.05) is 18.2 Å². The van der Waals surface area contributed by atoms with Crippen LogP contribution in [0.2, 0.25) is 0 Å². The quantitative estimate of drug-likeness (QED) is 0.865. The Balaban J connectivity index is 1.87. The highest BCUT2D eigenvalue weighted by Gasteiger charge is 2.32. The predicted molar refractivity (Wildman–Crippen MR) is 69.9 cm³/mol. The van der Waals surface area contributed by atoms with Gasteiger partial charge in [0.2, 0.25) is 0 Å². The van der Waals surface area contributed by atoms with Gasteiger partial charge in [0.05, 0.1) is 0 Å². The highest BCUT2D eigenvalue weighted by Crippen LogP contribution is 2.30. The van der Waals surface area contributed by atoms with Gasteiger partial charge in [-0.15, -0.1) is 0 Å². The summed E-state index contributed by atoms with van der Waals surface area (Å²) in [5, 5.41) is 11.6. The Morgan fingerprint density at radius 1 is 1.37 bits per heavy atom. The molecule has 1 aromatic rings.